The van der Waals surface area contributed by atoms with Crippen molar-refractivity contribution in [1.29, 1.82) is 0 Å². The largest absolute Gasteiger partial charge is 0.0999 e. The van der Waals surface area contributed by atoms with E-state index in [1.54, 1.807) is 0 Å². The predicted octanol–water partition coefficient (Wildman–Crippen LogP) is 5.68. The zero-order chi connectivity index (χ0) is 15.6. The molecule has 1 atom stereocenters. The molecular weight excluding hydrogens is 238 g/mol. The van der Waals surface area contributed by atoms with E-state index < -0.39 is 0 Å². The minimum atomic E-state index is 0.503. The lowest BCUT2D eigenvalue weighted by atomic mass is 9.34. The fourth-order valence-electron chi connectivity index (χ4n) is 4.51. The Labute approximate surface area is 130 Å². The van der Waals surface area contributed by atoms with Crippen molar-refractivity contribution in [1.82, 2.24) is 0 Å². The van der Waals surface area contributed by atoms with Crippen LogP contribution in [0.2, 0.25) is 12.6 Å². The van der Waals surface area contributed by atoms with Gasteiger partial charge in [-0.05, 0) is 47.8 Å². The molecular formula is C18H36B2. The van der Waals surface area contributed by atoms with Gasteiger partial charge in [0, 0.05) is 0 Å². The lowest BCUT2D eigenvalue weighted by Gasteiger charge is -2.52. The molecule has 1 unspecified atom stereocenters. The van der Waals surface area contributed by atoms with Gasteiger partial charge >= 0.3 is 0 Å². The highest BCUT2D eigenvalue weighted by molar-refractivity contribution is 7.00. The first-order valence-electron chi connectivity index (χ1n) is 8.71. The van der Waals surface area contributed by atoms with E-state index in [0.717, 1.165) is 23.6 Å². The summed E-state index contributed by atoms with van der Waals surface area (Å²) in [6.07, 6.45) is 5.61. The molecule has 0 aromatic rings. The molecule has 2 heteroatoms. The number of hydrogen-bond donors (Lipinski definition) is 0. The zero-order valence-corrected chi connectivity index (χ0v) is 15.3. The van der Waals surface area contributed by atoms with E-state index in [-0.39, 0.29) is 0 Å². The standard InChI is InChI=1S/C18H36B2/c1-13(2)11-17(4,5)15-9-16(10-15)18(6,7)12-14(3)20-19-8/h13-16H,9-12H2,1-8H3. The molecule has 0 aliphatic heterocycles. The summed E-state index contributed by atoms with van der Waals surface area (Å²) < 4.78 is 0. The number of rotatable bonds is 8. The van der Waals surface area contributed by atoms with Crippen LogP contribution in [-0.2, 0) is 0 Å². The van der Waals surface area contributed by atoms with Crippen LogP contribution in [-0.4, -0.2) is 14.3 Å². The Kier molecular flexibility index (Phi) is 6.30. The highest BCUT2D eigenvalue weighted by atomic mass is 14.5. The summed E-state index contributed by atoms with van der Waals surface area (Å²) in [5.41, 5.74) is 1.04. The highest BCUT2D eigenvalue weighted by Gasteiger charge is 2.45. The van der Waals surface area contributed by atoms with Crippen LogP contribution in [0.1, 0.15) is 74.1 Å². The third kappa shape index (κ3) is 4.85. The van der Waals surface area contributed by atoms with Gasteiger partial charge in [-0.25, -0.2) is 0 Å². The van der Waals surface area contributed by atoms with E-state index in [1.165, 1.54) is 25.7 Å². The van der Waals surface area contributed by atoms with Crippen molar-refractivity contribution < 1.29 is 0 Å². The fourth-order valence-corrected chi connectivity index (χ4v) is 4.51. The number of hydrogen-bond acceptors (Lipinski definition) is 0. The minimum Gasteiger partial charge on any atom is -0.0999 e. The smallest absolute Gasteiger partial charge is 0.0688 e. The molecule has 0 bridgehead atoms. The Morgan fingerprint density at radius 1 is 0.900 bits per heavy atom. The van der Waals surface area contributed by atoms with Crippen LogP contribution >= 0.6 is 0 Å². The molecule has 2 radical (unpaired) electrons. The van der Waals surface area contributed by atoms with Gasteiger partial charge in [-0.3, -0.25) is 0 Å². The molecule has 1 rings (SSSR count). The summed E-state index contributed by atoms with van der Waals surface area (Å²) in [4.78, 5) is 0. The zero-order valence-electron chi connectivity index (χ0n) is 15.3. The van der Waals surface area contributed by atoms with Gasteiger partial charge in [-0.2, -0.15) is 0 Å². The second kappa shape index (κ2) is 6.93. The summed E-state index contributed by atoms with van der Waals surface area (Å²) in [7, 11) is 4.57. The van der Waals surface area contributed by atoms with Crippen LogP contribution < -0.4 is 0 Å². The maximum absolute atomic E-state index is 2.49. The maximum atomic E-state index is 2.49. The van der Waals surface area contributed by atoms with Gasteiger partial charge in [-0.15, -0.1) is 0 Å². The minimum absolute atomic E-state index is 0.503. The van der Waals surface area contributed by atoms with Crippen molar-refractivity contribution in [3.63, 3.8) is 0 Å². The van der Waals surface area contributed by atoms with Crippen molar-refractivity contribution >= 4 is 14.3 Å². The Morgan fingerprint density at radius 3 is 1.75 bits per heavy atom. The fraction of sp³-hybridized carbons (Fsp3) is 1.00. The average Bonchev–Trinajstić information content (AvgIpc) is 2.09. The van der Waals surface area contributed by atoms with Crippen molar-refractivity contribution in [3.05, 3.63) is 0 Å². The maximum Gasteiger partial charge on any atom is 0.0688 e. The van der Waals surface area contributed by atoms with Crippen LogP contribution in [0.3, 0.4) is 0 Å². The quantitative estimate of drug-likeness (QED) is 0.499. The Morgan fingerprint density at radius 2 is 1.35 bits per heavy atom. The van der Waals surface area contributed by atoms with Crippen LogP contribution in [0.25, 0.3) is 0 Å². The average molecular weight is 274 g/mol. The van der Waals surface area contributed by atoms with Crippen molar-refractivity contribution in [2.45, 2.75) is 86.8 Å². The first-order chi connectivity index (χ1) is 9.08. The molecule has 0 aromatic carbocycles. The summed E-state index contributed by atoms with van der Waals surface area (Å²) in [6.45, 7) is 19.2. The topological polar surface area (TPSA) is 0 Å². The molecule has 1 fully saturated rings. The van der Waals surface area contributed by atoms with Crippen LogP contribution in [0.5, 0.6) is 0 Å². The summed E-state index contributed by atoms with van der Waals surface area (Å²) in [5, 5.41) is 0. The van der Waals surface area contributed by atoms with E-state index in [4.69, 9.17) is 0 Å². The van der Waals surface area contributed by atoms with Crippen molar-refractivity contribution in [2.24, 2.45) is 28.6 Å². The van der Waals surface area contributed by atoms with Gasteiger partial charge in [0.1, 0.15) is 0 Å². The van der Waals surface area contributed by atoms with Crippen molar-refractivity contribution in [3.8, 4) is 0 Å². The molecule has 1 aliphatic rings. The first-order valence-corrected chi connectivity index (χ1v) is 8.71. The molecule has 1 saturated carbocycles. The van der Waals surface area contributed by atoms with Gasteiger partial charge in [0.2, 0.25) is 0 Å². The summed E-state index contributed by atoms with van der Waals surface area (Å²) in [5.74, 6) is 3.43. The van der Waals surface area contributed by atoms with E-state index in [0.29, 0.717) is 10.8 Å². The van der Waals surface area contributed by atoms with E-state index >= 15 is 0 Å². The molecule has 0 saturated heterocycles. The van der Waals surface area contributed by atoms with Crippen LogP contribution in [0, 0.1) is 28.6 Å². The second-order valence-corrected chi connectivity index (χ2v) is 9.15. The third-order valence-corrected chi connectivity index (χ3v) is 5.65. The first kappa shape index (κ1) is 18.2. The Balaban J connectivity index is 2.46. The molecule has 0 spiro atoms. The van der Waals surface area contributed by atoms with Gasteiger partial charge in [0.15, 0.2) is 0 Å². The lowest BCUT2D eigenvalue weighted by Crippen LogP contribution is -2.43. The summed E-state index contributed by atoms with van der Waals surface area (Å²) in [6, 6.07) is 0. The molecule has 0 amide bonds. The SMILES string of the molecule is C[B][B]C(C)CC(C)(C)C1CC(C(C)(C)CC(C)C)C1. The van der Waals surface area contributed by atoms with Gasteiger partial charge in [0.05, 0.1) is 14.3 Å². The molecule has 0 N–H and O–H groups in total. The van der Waals surface area contributed by atoms with E-state index in [1.807, 2.05) is 0 Å². The van der Waals surface area contributed by atoms with Crippen molar-refractivity contribution in [2.75, 3.05) is 0 Å². The molecule has 0 nitrogen and oxygen atoms in total. The summed E-state index contributed by atoms with van der Waals surface area (Å²) >= 11 is 0. The predicted molar refractivity (Wildman–Crippen MR) is 94.6 cm³/mol. The van der Waals surface area contributed by atoms with Gasteiger partial charge in [-0.1, -0.05) is 67.5 Å². The van der Waals surface area contributed by atoms with Crippen LogP contribution in [0.15, 0.2) is 0 Å². The molecule has 20 heavy (non-hydrogen) atoms. The normalized spacial score (nSPS) is 25.2. The molecule has 114 valence electrons. The van der Waals surface area contributed by atoms with Crippen LogP contribution in [0.4, 0.5) is 0 Å². The molecule has 1 aliphatic carbocycles. The third-order valence-electron chi connectivity index (χ3n) is 5.65. The monoisotopic (exact) mass is 274 g/mol. The highest BCUT2D eigenvalue weighted by Crippen LogP contribution is 2.55. The molecule has 0 aromatic heterocycles. The van der Waals surface area contributed by atoms with Gasteiger partial charge < -0.3 is 0 Å². The Bertz CT molecular complexity index is 288. The lowest BCUT2D eigenvalue weighted by molar-refractivity contribution is -0.0175. The second-order valence-electron chi connectivity index (χ2n) is 9.15. The van der Waals surface area contributed by atoms with Gasteiger partial charge in [0.25, 0.3) is 0 Å². The molecule has 0 heterocycles. The Hall–Kier alpha value is 0.130. The van der Waals surface area contributed by atoms with E-state index in [9.17, 15) is 0 Å². The van der Waals surface area contributed by atoms with E-state index in [2.05, 4.69) is 69.6 Å².